The Bertz CT molecular complexity index is 258. The molecular weight excluding hydrogens is 152 g/mol. The third-order valence-corrected chi connectivity index (χ3v) is 1.53. The largest absolute Gasteiger partial charge is 0.296 e. The molecule has 0 N–H and O–H groups in total. The Hall–Kier alpha value is -1.51. The number of aliphatic imine (C=N–C) groups is 1. The molecule has 1 aromatic carbocycles. The van der Waals surface area contributed by atoms with Crippen LogP contribution in [0.1, 0.15) is 11.1 Å². The topological polar surface area (TPSA) is 41.8 Å². The molecule has 0 aromatic heterocycles. The molecule has 3 heteroatoms. The normalized spacial score (nSPS) is 9.33. The zero-order valence-corrected chi connectivity index (χ0v) is 6.73. The second kappa shape index (κ2) is 4.38. The first-order chi connectivity index (χ1) is 5.86. The van der Waals surface area contributed by atoms with Crippen molar-refractivity contribution in [3.05, 3.63) is 40.3 Å². The molecule has 0 spiro atoms. The minimum absolute atomic E-state index is 0.227. The van der Waals surface area contributed by atoms with E-state index in [1.165, 1.54) is 0 Å². The second-order valence-electron chi connectivity index (χ2n) is 2.49. The fourth-order valence-corrected chi connectivity index (χ4v) is 1.03. The van der Waals surface area contributed by atoms with Gasteiger partial charge in [0.2, 0.25) is 0 Å². The Morgan fingerprint density at radius 1 is 1.25 bits per heavy atom. The van der Waals surface area contributed by atoms with Crippen molar-refractivity contribution in [3.8, 4) is 0 Å². The van der Waals surface area contributed by atoms with Crippen LogP contribution in [-0.2, 0) is 13.1 Å². The van der Waals surface area contributed by atoms with Gasteiger partial charge in [-0.25, -0.2) is 0 Å². The Morgan fingerprint density at radius 3 is 2.50 bits per heavy atom. The molecule has 0 atom stereocenters. The molecule has 0 unspecified atom stereocenters. The van der Waals surface area contributed by atoms with Gasteiger partial charge < -0.3 is 0 Å². The summed E-state index contributed by atoms with van der Waals surface area (Å²) in [5.41, 5.74) is 1.98. The molecule has 0 amide bonds. The quantitative estimate of drug-likeness (QED) is 0.494. The monoisotopic (exact) mass is 162 g/mol. The van der Waals surface area contributed by atoms with Crippen molar-refractivity contribution in [1.29, 1.82) is 0 Å². The maximum atomic E-state index is 9.96. The lowest BCUT2D eigenvalue weighted by Gasteiger charge is -1.98. The summed E-state index contributed by atoms with van der Waals surface area (Å²) in [6.45, 7) is 4.21. The van der Waals surface area contributed by atoms with Crippen LogP contribution in [-0.4, -0.2) is 6.72 Å². The van der Waals surface area contributed by atoms with E-state index in [2.05, 4.69) is 16.9 Å². The highest BCUT2D eigenvalue weighted by atomic mass is 16.3. The van der Waals surface area contributed by atoms with E-state index in [-0.39, 0.29) is 6.54 Å². The van der Waals surface area contributed by atoms with E-state index in [4.69, 9.17) is 0 Å². The molecule has 62 valence electrons. The highest BCUT2D eigenvalue weighted by molar-refractivity contribution is 5.27. The van der Waals surface area contributed by atoms with Crippen molar-refractivity contribution in [1.82, 2.24) is 0 Å². The number of rotatable bonds is 4. The Morgan fingerprint density at radius 2 is 1.92 bits per heavy atom. The van der Waals surface area contributed by atoms with Crippen molar-refractivity contribution in [2.45, 2.75) is 13.1 Å². The summed E-state index contributed by atoms with van der Waals surface area (Å²) >= 11 is 0. The van der Waals surface area contributed by atoms with E-state index in [1.807, 2.05) is 24.3 Å². The van der Waals surface area contributed by atoms with Crippen molar-refractivity contribution in [3.63, 3.8) is 0 Å². The Kier molecular flexibility index (Phi) is 3.14. The molecule has 12 heavy (non-hydrogen) atoms. The van der Waals surface area contributed by atoms with Crippen LogP contribution in [0.3, 0.4) is 0 Å². The number of nitrogens with zero attached hydrogens (tertiary/aromatic N) is 2. The van der Waals surface area contributed by atoms with Gasteiger partial charge in [0.1, 0.15) is 6.54 Å². The predicted molar refractivity (Wildman–Crippen MR) is 49.2 cm³/mol. The molecule has 0 fully saturated rings. The van der Waals surface area contributed by atoms with Gasteiger partial charge in [0.05, 0.1) is 6.54 Å². The molecule has 1 aromatic rings. The number of hydrogen-bond acceptors (Lipinski definition) is 3. The third kappa shape index (κ3) is 2.27. The zero-order chi connectivity index (χ0) is 8.81. The van der Waals surface area contributed by atoms with Crippen LogP contribution < -0.4 is 0 Å². The summed E-state index contributed by atoms with van der Waals surface area (Å²) in [4.78, 5) is 13.7. The van der Waals surface area contributed by atoms with Crippen LogP contribution in [0.25, 0.3) is 0 Å². The van der Waals surface area contributed by atoms with E-state index in [1.54, 1.807) is 0 Å². The summed E-state index contributed by atoms with van der Waals surface area (Å²) < 4.78 is 0. The lowest BCUT2D eigenvalue weighted by Crippen LogP contribution is -1.85. The molecular formula is C9H10N2O. The average Bonchev–Trinajstić information content (AvgIpc) is 2.06. The Balaban J connectivity index is 2.79. The molecule has 0 bridgehead atoms. The van der Waals surface area contributed by atoms with Crippen molar-refractivity contribution < 1.29 is 0 Å². The summed E-state index contributed by atoms with van der Waals surface area (Å²) in [6.07, 6.45) is 0. The molecule has 0 saturated heterocycles. The fourth-order valence-electron chi connectivity index (χ4n) is 1.03. The van der Waals surface area contributed by atoms with Crippen molar-refractivity contribution in [2.75, 3.05) is 0 Å². The number of nitroso groups, excluding NO2 is 1. The van der Waals surface area contributed by atoms with Gasteiger partial charge in [0, 0.05) is 0 Å². The van der Waals surface area contributed by atoms with Crippen LogP contribution in [0, 0.1) is 4.91 Å². The molecule has 1 rings (SSSR count). The minimum Gasteiger partial charge on any atom is -0.296 e. The SMILES string of the molecule is C=NCc1cccc(CN=O)c1. The smallest absolute Gasteiger partial charge is 0.106 e. The van der Waals surface area contributed by atoms with Crippen LogP contribution in [0.15, 0.2) is 34.4 Å². The first kappa shape index (κ1) is 8.59. The molecule has 3 nitrogen and oxygen atoms in total. The maximum Gasteiger partial charge on any atom is 0.106 e. The van der Waals surface area contributed by atoms with Crippen molar-refractivity contribution >= 4 is 6.72 Å². The molecule has 0 heterocycles. The second-order valence-corrected chi connectivity index (χ2v) is 2.49. The highest BCUT2D eigenvalue weighted by Crippen LogP contribution is 2.07. The zero-order valence-electron chi connectivity index (χ0n) is 6.73. The van der Waals surface area contributed by atoms with E-state index in [0.29, 0.717) is 6.54 Å². The molecule has 0 saturated carbocycles. The minimum atomic E-state index is 0.227. The summed E-state index contributed by atoms with van der Waals surface area (Å²) in [7, 11) is 0. The van der Waals surface area contributed by atoms with Gasteiger partial charge in [-0.05, 0) is 17.8 Å². The van der Waals surface area contributed by atoms with Gasteiger partial charge in [-0.15, -0.1) is 0 Å². The lowest BCUT2D eigenvalue weighted by atomic mass is 10.1. The van der Waals surface area contributed by atoms with E-state index < -0.39 is 0 Å². The summed E-state index contributed by atoms with van der Waals surface area (Å²) in [5, 5.41) is 2.81. The van der Waals surface area contributed by atoms with Crippen LogP contribution in [0.4, 0.5) is 0 Å². The molecule has 0 aliphatic carbocycles. The van der Waals surface area contributed by atoms with Gasteiger partial charge in [-0.1, -0.05) is 29.4 Å². The summed E-state index contributed by atoms with van der Waals surface area (Å²) in [5.74, 6) is 0. The van der Waals surface area contributed by atoms with E-state index >= 15 is 0 Å². The lowest BCUT2D eigenvalue weighted by molar-refractivity contribution is 1.02. The maximum absolute atomic E-state index is 9.96. The van der Waals surface area contributed by atoms with E-state index in [0.717, 1.165) is 11.1 Å². The van der Waals surface area contributed by atoms with Crippen LogP contribution in [0.5, 0.6) is 0 Å². The highest BCUT2D eigenvalue weighted by Gasteiger charge is 1.93. The van der Waals surface area contributed by atoms with Gasteiger partial charge in [0.15, 0.2) is 0 Å². The van der Waals surface area contributed by atoms with Gasteiger partial charge >= 0.3 is 0 Å². The summed E-state index contributed by atoms with van der Waals surface area (Å²) in [6, 6.07) is 7.62. The first-order valence-electron chi connectivity index (χ1n) is 3.66. The predicted octanol–water partition coefficient (Wildman–Crippen LogP) is 2.15. The molecule has 0 radical (unpaired) electrons. The molecule has 0 aliphatic heterocycles. The Labute approximate surface area is 71.1 Å². The van der Waals surface area contributed by atoms with Gasteiger partial charge in [0.25, 0.3) is 0 Å². The van der Waals surface area contributed by atoms with Gasteiger partial charge in [-0.3, -0.25) is 4.99 Å². The van der Waals surface area contributed by atoms with Crippen molar-refractivity contribution in [2.24, 2.45) is 10.2 Å². The first-order valence-corrected chi connectivity index (χ1v) is 3.66. The molecule has 0 aliphatic rings. The average molecular weight is 162 g/mol. The standard InChI is InChI=1S/C9H10N2O/c1-10-6-8-3-2-4-9(5-8)7-11-12/h2-5H,1,6-7H2. The number of benzene rings is 1. The van der Waals surface area contributed by atoms with Gasteiger partial charge in [-0.2, -0.15) is 4.91 Å². The third-order valence-electron chi connectivity index (χ3n) is 1.53. The van der Waals surface area contributed by atoms with Crippen LogP contribution >= 0.6 is 0 Å². The van der Waals surface area contributed by atoms with E-state index in [9.17, 15) is 4.91 Å². The number of hydrogen-bond donors (Lipinski definition) is 0. The van der Waals surface area contributed by atoms with Crippen LogP contribution in [0.2, 0.25) is 0 Å². The fraction of sp³-hybridized carbons (Fsp3) is 0.222.